The molecule has 3 aromatic rings. The third kappa shape index (κ3) is 4.24. The Labute approximate surface area is 157 Å². The van der Waals surface area contributed by atoms with Gasteiger partial charge in [0.1, 0.15) is 5.76 Å². The van der Waals surface area contributed by atoms with Gasteiger partial charge in [-0.05, 0) is 43.7 Å². The van der Waals surface area contributed by atoms with Crippen molar-refractivity contribution in [2.45, 2.75) is 26.9 Å². The van der Waals surface area contributed by atoms with Gasteiger partial charge < -0.3 is 9.73 Å². The van der Waals surface area contributed by atoms with Crippen LogP contribution in [0.15, 0.2) is 53.2 Å². The number of carbonyl (C=O) groups is 1. The predicted octanol–water partition coefficient (Wildman–Crippen LogP) is 4.12. The summed E-state index contributed by atoms with van der Waals surface area (Å²) in [5, 5.41) is 8.07. The van der Waals surface area contributed by atoms with E-state index < -0.39 is 0 Å². The molecule has 134 valence electrons. The summed E-state index contributed by atoms with van der Waals surface area (Å²) < 4.78 is 7.09. The fraction of sp³-hybridized carbons (Fsp3) is 0.200. The van der Waals surface area contributed by atoms with Crippen molar-refractivity contribution in [1.82, 2.24) is 15.1 Å². The molecule has 5 nitrogen and oxygen atoms in total. The van der Waals surface area contributed by atoms with Crippen LogP contribution in [0, 0.1) is 13.8 Å². The summed E-state index contributed by atoms with van der Waals surface area (Å²) in [7, 11) is 0. The van der Waals surface area contributed by atoms with Crippen LogP contribution in [-0.2, 0) is 17.9 Å². The lowest BCUT2D eigenvalue weighted by Gasteiger charge is -2.06. The standard InChI is InChI=1S/C20H20ClN3O2/c1-14-18(9-10-20(25)22-12-17-7-5-11-26-17)15(2)24(23-14)13-16-6-3-4-8-19(16)21/h3-11H,12-13H2,1-2H3,(H,22,25)/b10-9+. The predicted molar refractivity (Wildman–Crippen MR) is 102 cm³/mol. The summed E-state index contributed by atoms with van der Waals surface area (Å²) in [6, 6.07) is 11.3. The average Bonchev–Trinajstić information content (AvgIpc) is 3.23. The van der Waals surface area contributed by atoms with E-state index >= 15 is 0 Å². The van der Waals surface area contributed by atoms with E-state index in [9.17, 15) is 4.79 Å². The number of rotatable bonds is 6. The average molecular weight is 370 g/mol. The van der Waals surface area contributed by atoms with Gasteiger partial charge in [0.05, 0.1) is 25.0 Å². The monoisotopic (exact) mass is 369 g/mol. The second kappa shape index (κ2) is 8.06. The number of nitrogens with one attached hydrogen (secondary N) is 1. The van der Waals surface area contributed by atoms with E-state index in [0.29, 0.717) is 18.8 Å². The number of aryl methyl sites for hydroxylation is 1. The van der Waals surface area contributed by atoms with Crippen LogP contribution < -0.4 is 5.32 Å². The second-order valence-corrected chi connectivity index (χ2v) is 6.37. The smallest absolute Gasteiger partial charge is 0.244 e. The molecule has 0 bridgehead atoms. The number of benzene rings is 1. The molecule has 3 rings (SSSR count). The molecule has 2 heterocycles. The van der Waals surface area contributed by atoms with Crippen LogP contribution in [0.3, 0.4) is 0 Å². The third-order valence-electron chi connectivity index (χ3n) is 4.13. The van der Waals surface area contributed by atoms with Gasteiger partial charge in [-0.15, -0.1) is 0 Å². The molecule has 26 heavy (non-hydrogen) atoms. The summed E-state index contributed by atoms with van der Waals surface area (Å²) in [6.07, 6.45) is 4.88. The zero-order chi connectivity index (χ0) is 18.5. The van der Waals surface area contributed by atoms with Gasteiger partial charge in [0.15, 0.2) is 0 Å². The molecule has 2 aromatic heterocycles. The number of aromatic nitrogens is 2. The molecule has 0 radical (unpaired) electrons. The lowest BCUT2D eigenvalue weighted by molar-refractivity contribution is -0.116. The number of halogens is 1. The maximum atomic E-state index is 12.0. The summed E-state index contributed by atoms with van der Waals surface area (Å²) in [6.45, 7) is 4.86. The van der Waals surface area contributed by atoms with Gasteiger partial charge >= 0.3 is 0 Å². The number of carbonyl (C=O) groups excluding carboxylic acids is 1. The summed E-state index contributed by atoms with van der Waals surface area (Å²) in [4.78, 5) is 12.0. The van der Waals surface area contributed by atoms with Crippen molar-refractivity contribution in [3.8, 4) is 0 Å². The van der Waals surface area contributed by atoms with Crippen molar-refractivity contribution in [2.75, 3.05) is 0 Å². The van der Waals surface area contributed by atoms with Gasteiger partial charge in [-0.25, -0.2) is 0 Å². The summed E-state index contributed by atoms with van der Waals surface area (Å²) in [5.74, 6) is 0.533. The van der Waals surface area contributed by atoms with Gasteiger partial charge in [-0.2, -0.15) is 5.10 Å². The molecule has 0 aliphatic carbocycles. The molecule has 0 unspecified atom stereocenters. The van der Waals surface area contributed by atoms with Crippen molar-refractivity contribution in [3.63, 3.8) is 0 Å². The topological polar surface area (TPSA) is 60.1 Å². The van der Waals surface area contributed by atoms with Crippen molar-refractivity contribution >= 4 is 23.6 Å². The normalized spacial score (nSPS) is 11.2. The molecular formula is C20H20ClN3O2. The highest BCUT2D eigenvalue weighted by atomic mass is 35.5. The van der Waals surface area contributed by atoms with Gasteiger partial charge in [0, 0.05) is 22.4 Å². The first-order valence-electron chi connectivity index (χ1n) is 8.30. The van der Waals surface area contributed by atoms with E-state index in [1.165, 1.54) is 6.08 Å². The van der Waals surface area contributed by atoms with E-state index in [1.807, 2.05) is 48.9 Å². The maximum Gasteiger partial charge on any atom is 0.244 e. The quantitative estimate of drug-likeness (QED) is 0.665. The van der Waals surface area contributed by atoms with Crippen LogP contribution in [0.2, 0.25) is 5.02 Å². The Kier molecular flexibility index (Phi) is 5.58. The Hall–Kier alpha value is -2.79. The molecule has 1 aromatic carbocycles. The van der Waals surface area contributed by atoms with Gasteiger partial charge in [-0.3, -0.25) is 9.48 Å². The largest absolute Gasteiger partial charge is 0.467 e. The highest BCUT2D eigenvalue weighted by molar-refractivity contribution is 6.31. The second-order valence-electron chi connectivity index (χ2n) is 5.96. The Morgan fingerprint density at radius 3 is 2.81 bits per heavy atom. The minimum Gasteiger partial charge on any atom is -0.467 e. The van der Waals surface area contributed by atoms with E-state index in [1.54, 1.807) is 18.4 Å². The molecular weight excluding hydrogens is 350 g/mol. The highest BCUT2D eigenvalue weighted by Crippen LogP contribution is 2.20. The van der Waals surface area contributed by atoms with Crippen LogP contribution >= 0.6 is 11.6 Å². The third-order valence-corrected chi connectivity index (χ3v) is 4.50. The fourth-order valence-corrected chi connectivity index (χ4v) is 2.89. The zero-order valence-corrected chi connectivity index (χ0v) is 15.5. The van der Waals surface area contributed by atoms with Gasteiger partial charge in [0.25, 0.3) is 0 Å². The molecule has 0 aliphatic rings. The molecule has 0 spiro atoms. The highest BCUT2D eigenvalue weighted by Gasteiger charge is 2.11. The number of hydrogen-bond acceptors (Lipinski definition) is 3. The van der Waals surface area contributed by atoms with Gasteiger partial charge in [-0.1, -0.05) is 29.8 Å². The summed E-state index contributed by atoms with van der Waals surface area (Å²) in [5.41, 5.74) is 3.79. The SMILES string of the molecule is Cc1nn(Cc2ccccc2Cl)c(C)c1/C=C/C(=O)NCc1ccco1. The number of hydrogen-bond donors (Lipinski definition) is 1. The Morgan fingerprint density at radius 1 is 1.27 bits per heavy atom. The fourth-order valence-electron chi connectivity index (χ4n) is 2.70. The first kappa shape index (κ1) is 18.0. The van der Waals surface area contributed by atoms with E-state index in [4.69, 9.17) is 16.0 Å². The van der Waals surface area contributed by atoms with E-state index in [0.717, 1.165) is 27.5 Å². The number of nitrogens with zero attached hydrogens (tertiary/aromatic N) is 2. The molecule has 0 fully saturated rings. The van der Waals surface area contributed by atoms with Crippen LogP contribution in [0.1, 0.15) is 28.3 Å². The molecule has 0 atom stereocenters. The lowest BCUT2D eigenvalue weighted by Crippen LogP contribution is -2.19. The van der Waals surface area contributed by atoms with Crippen molar-refractivity contribution < 1.29 is 9.21 Å². The Balaban J connectivity index is 1.69. The van der Waals surface area contributed by atoms with Crippen molar-refractivity contribution in [2.24, 2.45) is 0 Å². The minimum atomic E-state index is -0.181. The number of amides is 1. The Morgan fingerprint density at radius 2 is 2.08 bits per heavy atom. The zero-order valence-electron chi connectivity index (χ0n) is 14.7. The van der Waals surface area contributed by atoms with Crippen molar-refractivity contribution in [3.05, 3.63) is 82.0 Å². The molecule has 6 heteroatoms. The van der Waals surface area contributed by atoms with Gasteiger partial charge in [0.2, 0.25) is 5.91 Å². The lowest BCUT2D eigenvalue weighted by atomic mass is 10.1. The Bertz CT molecular complexity index is 927. The molecule has 0 aliphatic heterocycles. The van der Waals surface area contributed by atoms with Crippen LogP contribution in [0.4, 0.5) is 0 Å². The van der Waals surface area contributed by atoms with E-state index in [-0.39, 0.29) is 5.91 Å². The van der Waals surface area contributed by atoms with E-state index in [2.05, 4.69) is 10.4 Å². The maximum absolute atomic E-state index is 12.0. The minimum absolute atomic E-state index is 0.181. The number of furan rings is 1. The van der Waals surface area contributed by atoms with Crippen LogP contribution in [0.5, 0.6) is 0 Å². The molecule has 1 N–H and O–H groups in total. The molecule has 1 amide bonds. The first-order chi connectivity index (χ1) is 12.5. The first-order valence-corrected chi connectivity index (χ1v) is 8.68. The summed E-state index contributed by atoms with van der Waals surface area (Å²) >= 11 is 6.24. The molecule has 0 saturated heterocycles. The van der Waals surface area contributed by atoms with Crippen molar-refractivity contribution in [1.29, 1.82) is 0 Å². The van der Waals surface area contributed by atoms with Crippen LogP contribution in [-0.4, -0.2) is 15.7 Å². The van der Waals surface area contributed by atoms with Crippen LogP contribution in [0.25, 0.3) is 6.08 Å². The molecule has 0 saturated carbocycles.